The molecule has 1 atom stereocenters. The molecule has 1 aliphatic heterocycles. The zero-order chi connectivity index (χ0) is 21.9. The van der Waals surface area contributed by atoms with Crippen molar-refractivity contribution in [1.82, 2.24) is 30.2 Å². The first-order valence-corrected chi connectivity index (χ1v) is 10.5. The Labute approximate surface area is 189 Å². The highest BCUT2D eigenvalue weighted by atomic mass is 35.5. The van der Waals surface area contributed by atoms with Crippen molar-refractivity contribution in [3.63, 3.8) is 0 Å². The van der Waals surface area contributed by atoms with Gasteiger partial charge in [0.2, 0.25) is 5.95 Å². The molecule has 162 valence electrons. The largest absolute Gasteiger partial charge is 0.491 e. The maximum Gasteiger partial charge on any atom is 0.227 e. The average molecular weight is 450 g/mol. The van der Waals surface area contributed by atoms with Crippen molar-refractivity contribution < 1.29 is 9.47 Å². The summed E-state index contributed by atoms with van der Waals surface area (Å²) in [6.07, 6.45) is 5.80. The Morgan fingerprint density at radius 1 is 1.19 bits per heavy atom. The summed E-state index contributed by atoms with van der Waals surface area (Å²) in [7, 11) is 0. The molecule has 0 spiro atoms. The molecule has 0 saturated heterocycles. The highest BCUT2D eigenvalue weighted by Crippen LogP contribution is 2.35. The van der Waals surface area contributed by atoms with Crippen LogP contribution in [0.2, 0.25) is 5.02 Å². The van der Waals surface area contributed by atoms with Gasteiger partial charge in [0.05, 0.1) is 23.9 Å². The van der Waals surface area contributed by atoms with E-state index in [1.54, 1.807) is 29.5 Å². The Kier molecular flexibility index (Phi) is 5.55. The second-order valence-electron chi connectivity index (χ2n) is 7.42. The minimum atomic E-state index is -0.177. The van der Waals surface area contributed by atoms with E-state index in [2.05, 4.69) is 36.9 Å². The number of rotatable bonds is 7. The summed E-state index contributed by atoms with van der Waals surface area (Å²) in [5.41, 5.74) is 3.80. The second kappa shape index (κ2) is 8.80. The molecule has 0 unspecified atom stereocenters. The van der Waals surface area contributed by atoms with Crippen LogP contribution >= 0.6 is 11.6 Å². The van der Waals surface area contributed by atoms with Crippen molar-refractivity contribution in [3.05, 3.63) is 65.7 Å². The molecule has 3 heterocycles. The summed E-state index contributed by atoms with van der Waals surface area (Å²) >= 11 is 6.35. The van der Waals surface area contributed by atoms with Gasteiger partial charge in [-0.05, 0) is 46.7 Å². The Morgan fingerprint density at radius 2 is 2.06 bits per heavy atom. The normalized spacial score (nSPS) is 13.3. The monoisotopic (exact) mass is 449 g/mol. The number of tetrazole rings is 1. The molecule has 32 heavy (non-hydrogen) atoms. The summed E-state index contributed by atoms with van der Waals surface area (Å²) in [5, 5.41) is 14.9. The van der Waals surface area contributed by atoms with E-state index < -0.39 is 0 Å². The molecular weight excluding hydrogens is 430 g/mol. The topological polar surface area (TPSA) is 99.9 Å². The molecule has 0 radical (unpaired) electrons. The lowest BCUT2D eigenvalue weighted by molar-refractivity contribution is 0.193. The number of aromatic nitrogens is 6. The summed E-state index contributed by atoms with van der Waals surface area (Å²) in [5.74, 6) is 1.94. The minimum Gasteiger partial charge on any atom is -0.491 e. The van der Waals surface area contributed by atoms with Crippen LogP contribution in [0.4, 0.5) is 11.6 Å². The van der Waals surface area contributed by atoms with Gasteiger partial charge in [-0.2, -0.15) is 0 Å². The zero-order valence-corrected chi connectivity index (χ0v) is 18.0. The fraction of sp³-hybridized carbons (Fsp3) is 0.227. The molecule has 4 aromatic rings. The van der Waals surface area contributed by atoms with Gasteiger partial charge < -0.3 is 14.8 Å². The second-order valence-corrected chi connectivity index (χ2v) is 7.83. The van der Waals surface area contributed by atoms with E-state index in [9.17, 15) is 0 Å². The third-order valence-electron chi connectivity index (χ3n) is 5.04. The number of benzene rings is 2. The number of hydrogen-bond acceptors (Lipinski definition) is 8. The first-order chi connectivity index (χ1) is 15.7. The molecule has 1 N–H and O–H groups in total. The number of para-hydroxylation sites is 1. The highest BCUT2D eigenvalue weighted by Gasteiger charge is 2.16. The SMILES string of the molecule is C[C@@H](Cn1cnnn1)Oc1cc(-c2cnc(Nc3cccc4c3OCC4)nc2)ccc1Cl. The van der Waals surface area contributed by atoms with Crippen molar-refractivity contribution in [3.8, 4) is 22.6 Å². The number of fused-ring (bicyclic) bond motifs is 1. The smallest absolute Gasteiger partial charge is 0.227 e. The fourth-order valence-corrected chi connectivity index (χ4v) is 3.69. The summed E-state index contributed by atoms with van der Waals surface area (Å²) < 4.78 is 13.3. The lowest BCUT2D eigenvalue weighted by Crippen LogP contribution is -2.20. The number of nitrogens with zero attached hydrogens (tertiary/aromatic N) is 6. The maximum atomic E-state index is 6.35. The lowest BCUT2D eigenvalue weighted by atomic mass is 10.1. The van der Waals surface area contributed by atoms with Crippen LogP contribution < -0.4 is 14.8 Å². The van der Waals surface area contributed by atoms with E-state index in [1.165, 1.54) is 5.56 Å². The first-order valence-electron chi connectivity index (χ1n) is 10.2. The van der Waals surface area contributed by atoms with Gasteiger partial charge in [-0.25, -0.2) is 14.6 Å². The number of anilines is 2. The predicted octanol–water partition coefficient (Wildman–Crippen LogP) is 3.93. The summed E-state index contributed by atoms with van der Waals surface area (Å²) in [6, 6.07) is 11.6. The average Bonchev–Trinajstić information content (AvgIpc) is 3.48. The van der Waals surface area contributed by atoms with E-state index in [4.69, 9.17) is 21.1 Å². The third kappa shape index (κ3) is 4.33. The van der Waals surface area contributed by atoms with Gasteiger partial charge in [-0.1, -0.05) is 29.8 Å². The summed E-state index contributed by atoms with van der Waals surface area (Å²) in [4.78, 5) is 8.92. The predicted molar refractivity (Wildman–Crippen MR) is 119 cm³/mol. The van der Waals surface area contributed by atoms with Gasteiger partial charge in [-0.3, -0.25) is 0 Å². The van der Waals surface area contributed by atoms with Gasteiger partial charge in [0.1, 0.15) is 23.9 Å². The maximum absolute atomic E-state index is 6.35. The van der Waals surface area contributed by atoms with Crippen molar-refractivity contribution >= 4 is 23.2 Å². The molecule has 9 nitrogen and oxygen atoms in total. The molecule has 10 heteroatoms. The third-order valence-corrected chi connectivity index (χ3v) is 5.35. The van der Waals surface area contributed by atoms with Crippen LogP contribution in [0.15, 0.2) is 55.1 Å². The molecule has 1 aliphatic rings. The molecule has 0 amide bonds. The van der Waals surface area contributed by atoms with Crippen LogP contribution in [0.25, 0.3) is 11.1 Å². The van der Waals surface area contributed by atoms with Crippen molar-refractivity contribution in [2.75, 3.05) is 11.9 Å². The number of nitrogens with one attached hydrogen (secondary N) is 1. The summed E-state index contributed by atoms with van der Waals surface area (Å²) in [6.45, 7) is 3.13. The molecule has 0 fully saturated rings. The van der Waals surface area contributed by atoms with Crippen LogP contribution in [0.3, 0.4) is 0 Å². The standard InChI is InChI=1S/C22H20ClN7O2/c1-14(12-30-13-26-28-29-30)32-20-9-16(5-6-18(20)23)17-10-24-22(25-11-17)27-19-4-2-3-15-7-8-31-21(15)19/h2-6,9-11,13-14H,7-8,12H2,1H3,(H,24,25,27)/t14-/m0/s1. The molecule has 2 aromatic heterocycles. The Morgan fingerprint density at radius 3 is 2.88 bits per heavy atom. The van der Waals surface area contributed by atoms with Crippen LogP contribution in [0, 0.1) is 0 Å². The first kappa shape index (κ1) is 20.2. The molecule has 0 bridgehead atoms. The van der Waals surface area contributed by atoms with E-state index in [-0.39, 0.29) is 6.10 Å². The van der Waals surface area contributed by atoms with Gasteiger partial charge in [0, 0.05) is 24.4 Å². The fourth-order valence-electron chi connectivity index (χ4n) is 3.53. The minimum absolute atomic E-state index is 0.177. The van der Waals surface area contributed by atoms with Gasteiger partial charge in [-0.15, -0.1) is 5.10 Å². The van der Waals surface area contributed by atoms with Crippen molar-refractivity contribution in [2.24, 2.45) is 0 Å². The molecule has 2 aromatic carbocycles. The van der Waals surface area contributed by atoms with Crippen LogP contribution in [-0.4, -0.2) is 42.9 Å². The van der Waals surface area contributed by atoms with Crippen LogP contribution in [0.1, 0.15) is 12.5 Å². The quantitative estimate of drug-likeness (QED) is 0.453. The number of ether oxygens (including phenoxy) is 2. The van der Waals surface area contributed by atoms with Crippen molar-refractivity contribution in [2.45, 2.75) is 26.0 Å². The molecule has 0 saturated carbocycles. The Bertz CT molecular complexity index is 1220. The Balaban J connectivity index is 1.31. The van der Waals surface area contributed by atoms with E-state index in [1.807, 2.05) is 31.2 Å². The van der Waals surface area contributed by atoms with Crippen molar-refractivity contribution in [1.29, 1.82) is 0 Å². The Hall–Kier alpha value is -3.72. The van der Waals surface area contributed by atoms with E-state index in [0.717, 1.165) is 29.0 Å². The van der Waals surface area contributed by atoms with Gasteiger partial charge in [0.25, 0.3) is 0 Å². The van der Waals surface area contributed by atoms with Crippen LogP contribution in [-0.2, 0) is 13.0 Å². The number of halogens is 1. The molecular formula is C22H20ClN7O2. The van der Waals surface area contributed by atoms with Gasteiger partial charge in [0.15, 0.2) is 0 Å². The molecule has 0 aliphatic carbocycles. The van der Waals surface area contributed by atoms with E-state index >= 15 is 0 Å². The lowest BCUT2D eigenvalue weighted by Gasteiger charge is -2.16. The van der Waals surface area contributed by atoms with Gasteiger partial charge >= 0.3 is 0 Å². The van der Waals surface area contributed by atoms with E-state index in [0.29, 0.717) is 29.9 Å². The number of hydrogen-bond donors (Lipinski definition) is 1. The van der Waals surface area contributed by atoms with Crippen LogP contribution in [0.5, 0.6) is 11.5 Å². The molecule has 5 rings (SSSR count). The highest BCUT2D eigenvalue weighted by molar-refractivity contribution is 6.32. The zero-order valence-electron chi connectivity index (χ0n) is 17.3.